The minimum absolute atomic E-state index is 0.219. The molecule has 0 aliphatic heterocycles. The summed E-state index contributed by atoms with van der Waals surface area (Å²) < 4.78 is 10.9. The van der Waals surface area contributed by atoms with Gasteiger partial charge in [0, 0.05) is 22.7 Å². The molecule has 0 spiro atoms. The van der Waals surface area contributed by atoms with Gasteiger partial charge >= 0.3 is 0 Å². The molecule has 0 radical (unpaired) electrons. The lowest BCUT2D eigenvalue weighted by Crippen LogP contribution is -2.17. The summed E-state index contributed by atoms with van der Waals surface area (Å²) in [5.74, 6) is 1.45. The molecule has 0 unspecified atom stereocenters. The normalized spacial score (nSPS) is 15.1. The number of anilines is 1. The summed E-state index contributed by atoms with van der Waals surface area (Å²) in [5, 5.41) is 21.6. The van der Waals surface area contributed by atoms with Crippen molar-refractivity contribution in [2.75, 3.05) is 19.5 Å². The molecule has 160 valence electrons. The summed E-state index contributed by atoms with van der Waals surface area (Å²) in [7, 11) is 3.29. The third kappa shape index (κ3) is 3.63. The van der Waals surface area contributed by atoms with Crippen LogP contribution in [0.15, 0.2) is 54.6 Å². The van der Waals surface area contributed by atoms with Crippen LogP contribution >= 0.6 is 0 Å². The number of aryl methyl sites for hydroxylation is 1. The van der Waals surface area contributed by atoms with E-state index in [1.54, 1.807) is 14.2 Å². The van der Waals surface area contributed by atoms with Gasteiger partial charge in [0.1, 0.15) is 17.2 Å². The molecule has 0 saturated heterocycles. The number of hydrogen-bond acceptors (Lipinski definition) is 5. The van der Waals surface area contributed by atoms with Crippen LogP contribution in [0.3, 0.4) is 0 Å². The summed E-state index contributed by atoms with van der Waals surface area (Å²) in [4.78, 5) is 0. The molecular weight excluding hydrogens is 400 g/mol. The molecule has 0 bridgehead atoms. The number of nitriles is 1. The van der Waals surface area contributed by atoms with Crippen molar-refractivity contribution in [3.8, 4) is 28.8 Å². The minimum Gasteiger partial charge on any atom is -0.497 e. The highest BCUT2D eigenvalue weighted by Gasteiger charge is 2.21. The van der Waals surface area contributed by atoms with Gasteiger partial charge in [-0.15, -0.1) is 0 Å². The van der Waals surface area contributed by atoms with Crippen LogP contribution in [0.1, 0.15) is 35.6 Å². The van der Waals surface area contributed by atoms with Crippen LogP contribution in [0, 0.1) is 11.3 Å². The SMILES string of the molecule is COc1cc(OC)cc(-c2n[nH]c3ccc(N[C@H]4CCCc5cc(C#N)ccc54)cc23)c1. The third-order valence-electron chi connectivity index (χ3n) is 6.12. The van der Waals surface area contributed by atoms with Crippen molar-refractivity contribution in [2.45, 2.75) is 25.3 Å². The van der Waals surface area contributed by atoms with Gasteiger partial charge in [-0.25, -0.2) is 0 Å². The van der Waals surface area contributed by atoms with Crippen LogP contribution in [0.2, 0.25) is 0 Å². The highest BCUT2D eigenvalue weighted by Crippen LogP contribution is 2.36. The van der Waals surface area contributed by atoms with Gasteiger partial charge < -0.3 is 14.8 Å². The Morgan fingerprint density at radius 1 is 1.03 bits per heavy atom. The van der Waals surface area contributed by atoms with Gasteiger partial charge in [-0.05, 0) is 72.9 Å². The molecule has 2 N–H and O–H groups in total. The maximum atomic E-state index is 9.22. The molecule has 0 amide bonds. The fourth-order valence-electron chi connectivity index (χ4n) is 4.50. The van der Waals surface area contributed by atoms with E-state index in [4.69, 9.17) is 9.47 Å². The van der Waals surface area contributed by atoms with E-state index in [2.05, 4.69) is 39.8 Å². The number of aromatic nitrogens is 2. The third-order valence-corrected chi connectivity index (χ3v) is 6.12. The monoisotopic (exact) mass is 424 g/mol. The van der Waals surface area contributed by atoms with E-state index in [9.17, 15) is 5.26 Å². The number of ether oxygens (including phenoxy) is 2. The molecule has 4 aromatic rings. The number of aromatic amines is 1. The Morgan fingerprint density at radius 3 is 2.59 bits per heavy atom. The first kappa shape index (κ1) is 20.0. The Kier molecular flexibility index (Phi) is 5.16. The zero-order valence-electron chi connectivity index (χ0n) is 18.1. The summed E-state index contributed by atoms with van der Waals surface area (Å²) >= 11 is 0. The molecule has 0 fully saturated rings. The zero-order valence-corrected chi connectivity index (χ0v) is 18.1. The van der Waals surface area contributed by atoms with Crippen molar-refractivity contribution in [1.29, 1.82) is 5.26 Å². The highest BCUT2D eigenvalue weighted by molar-refractivity contribution is 5.95. The van der Waals surface area contributed by atoms with Gasteiger partial charge in [-0.2, -0.15) is 10.4 Å². The van der Waals surface area contributed by atoms with E-state index in [1.165, 1.54) is 11.1 Å². The van der Waals surface area contributed by atoms with Crippen LogP contribution in [0.4, 0.5) is 5.69 Å². The molecule has 32 heavy (non-hydrogen) atoms. The molecule has 1 aliphatic carbocycles. The second kappa shape index (κ2) is 8.27. The molecule has 0 saturated carbocycles. The van der Waals surface area contributed by atoms with Crippen molar-refractivity contribution in [3.05, 3.63) is 71.3 Å². The summed E-state index contributed by atoms with van der Waals surface area (Å²) in [6.45, 7) is 0. The maximum Gasteiger partial charge on any atom is 0.123 e. The maximum absolute atomic E-state index is 9.22. The van der Waals surface area contributed by atoms with E-state index >= 15 is 0 Å². The molecule has 6 heteroatoms. The van der Waals surface area contributed by atoms with E-state index < -0.39 is 0 Å². The second-order valence-electron chi connectivity index (χ2n) is 8.05. The van der Waals surface area contributed by atoms with E-state index in [0.717, 1.165) is 64.2 Å². The molecule has 3 aromatic carbocycles. The van der Waals surface area contributed by atoms with Crippen molar-refractivity contribution < 1.29 is 9.47 Å². The topological polar surface area (TPSA) is 83.0 Å². The molecule has 1 aliphatic rings. The van der Waals surface area contributed by atoms with Crippen LogP contribution in [-0.4, -0.2) is 24.4 Å². The lowest BCUT2D eigenvalue weighted by molar-refractivity contribution is 0.394. The van der Waals surface area contributed by atoms with Gasteiger partial charge in [-0.3, -0.25) is 5.10 Å². The van der Waals surface area contributed by atoms with Crippen molar-refractivity contribution in [3.63, 3.8) is 0 Å². The number of benzene rings is 3. The predicted molar refractivity (Wildman–Crippen MR) is 125 cm³/mol. The Bertz CT molecular complexity index is 1310. The molecule has 6 nitrogen and oxygen atoms in total. The Balaban J connectivity index is 1.50. The standard InChI is InChI=1S/C26H24N4O2/c1-31-20-11-18(12-21(14-20)32-2)26-23-13-19(7-9-25(23)29-30-26)28-24-5-3-4-17-10-16(15-27)6-8-22(17)24/h6-14,24,28H,3-5H2,1-2H3,(H,29,30)/t24-/m0/s1. The first-order chi connectivity index (χ1) is 15.7. The Labute approximate surface area is 186 Å². The lowest BCUT2D eigenvalue weighted by Gasteiger charge is -2.27. The number of nitrogens with one attached hydrogen (secondary N) is 2. The number of methoxy groups -OCH3 is 2. The molecule has 1 aromatic heterocycles. The molecule has 1 heterocycles. The number of nitrogens with zero attached hydrogens (tertiary/aromatic N) is 2. The summed E-state index contributed by atoms with van der Waals surface area (Å²) in [6.07, 6.45) is 3.18. The molecule has 5 rings (SSSR count). The van der Waals surface area contributed by atoms with E-state index in [1.807, 2.05) is 36.4 Å². The second-order valence-corrected chi connectivity index (χ2v) is 8.05. The highest BCUT2D eigenvalue weighted by atomic mass is 16.5. The van der Waals surface area contributed by atoms with Crippen molar-refractivity contribution in [1.82, 2.24) is 10.2 Å². The van der Waals surface area contributed by atoms with Crippen LogP contribution in [-0.2, 0) is 6.42 Å². The number of fused-ring (bicyclic) bond motifs is 2. The number of rotatable bonds is 5. The smallest absolute Gasteiger partial charge is 0.123 e. The fraction of sp³-hybridized carbons (Fsp3) is 0.231. The zero-order chi connectivity index (χ0) is 22.1. The van der Waals surface area contributed by atoms with Crippen LogP contribution < -0.4 is 14.8 Å². The summed E-state index contributed by atoms with van der Waals surface area (Å²) in [6, 6.07) is 20.5. The van der Waals surface area contributed by atoms with Gasteiger partial charge in [0.2, 0.25) is 0 Å². The van der Waals surface area contributed by atoms with Crippen LogP contribution in [0.5, 0.6) is 11.5 Å². The quantitative estimate of drug-likeness (QED) is 0.435. The fourth-order valence-corrected chi connectivity index (χ4v) is 4.50. The first-order valence-electron chi connectivity index (χ1n) is 10.7. The largest absolute Gasteiger partial charge is 0.497 e. The van der Waals surface area contributed by atoms with Gasteiger partial charge in [0.25, 0.3) is 0 Å². The Morgan fingerprint density at radius 2 is 1.84 bits per heavy atom. The van der Waals surface area contributed by atoms with Crippen LogP contribution in [0.25, 0.3) is 22.2 Å². The van der Waals surface area contributed by atoms with Crippen molar-refractivity contribution >= 4 is 16.6 Å². The average molecular weight is 425 g/mol. The van der Waals surface area contributed by atoms with Gasteiger partial charge in [0.15, 0.2) is 0 Å². The average Bonchev–Trinajstić information content (AvgIpc) is 3.26. The Hall–Kier alpha value is -3.98. The molecular formula is C26H24N4O2. The van der Waals surface area contributed by atoms with E-state index in [0.29, 0.717) is 0 Å². The lowest BCUT2D eigenvalue weighted by atomic mass is 9.86. The number of H-pyrrole nitrogens is 1. The molecule has 1 atom stereocenters. The van der Waals surface area contributed by atoms with Crippen molar-refractivity contribution in [2.24, 2.45) is 0 Å². The minimum atomic E-state index is 0.219. The summed E-state index contributed by atoms with van der Waals surface area (Å²) in [5.41, 5.74) is 7.05. The van der Waals surface area contributed by atoms with Gasteiger partial charge in [0.05, 0.1) is 37.4 Å². The first-order valence-corrected chi connectivity index (χ1v) is 10.7. The predicted octanol–water partition coefficient (Wildman–Crippen LogP) is 5.61. The van der Waals surface area contributed by atoms with E-state index in [-0.39, 0.29) is 6.04 Å². The number of hydrogen-bond donors (Lipinski definition) is 2. The van der Waals surface area contributed by atoms with Gasteiger partial charge in [-0.1, -0.05) is 6.07 Å².